The molecule has 0 N–H and O–H groups in total. The molecule has 0 aliphatic carbocycles. The van der Waals surface area contributed by atoms with E-state index in [1.165, 1.54) is 5.56 Å². The molecule has 0 radical (unpaired) electrons. The van der Waals surface area contributed by atoms with Crippen LogP contribution in [0.25, 0.3) is 111 Å². The molecule has 0 saturated carbocycles. The maximum absolute atomic E-state index is 6.82. The molecule has 3 aromatic heterocycles. The molecule has 8 aromatic carbocycles. The summed E-state index contributed by atoms with van der Waals surface area (Å²) >= 11 is 0. The van der Waals surface area contributed by atoms with Gasteiger partial charge in [-0.1, -0.05) is 152 Å². The zero-order chi connectivity index (χ0) is 37.0. The fourth-order valence-electron chi connectivity index (χ4n) is 7.84. The first-order chi connectivity index (χ1) is 27.7. The van der Waals surface area contributed by atoms with Gasteiger partial charge in [0.15, 0.2) is 17.5 Å². The Morgan fingerprint density at radius 2 is 0.857 bits per heavy atom. The summed E-state index contributed by atoms with van der Waals surface area (Å²) in [5.41, 5.74) is 12.5. The summed E-state index contributed by atoms with van der Waals surface area (Å²) in [6.45, 7) is 0. The maximum atomic E-state index is 6.82. The summed E-state index contributed by atoms with van der Waals surface area (Å²) in [5.74, 6) is 1.82. The number of hydrogen-bond donors (Lipinski definition) is 0. The number of rotatable bonds is 6. The highest BCUT2D eigenvalue weighted by atomic mass is 16.3. The third-order valence-corrected chi connectivity index (χ3v) is 10.5. The van der Waals surface area contributed by atoms with Crippen molar-refractivity contribution in [2.24, 2.45) is 0 Å². The van der Waals surface area contributed by atoms with Gasteiger partial charge >= 0.3 is 0 Å². The predicted octanol–water partition coefficient (Wildman–Crippen LogP) is 13.7. The second-order valence-electron chi connectivity index (χ2n) is 14.0. The van der Waals surface area contributed by atoms with Crippen LogP contribution in [0.1, 0.15) is 0 Å². The monoisotopic (exact) mass is 717 g/mol. The van der Waals surface area contributed by atoms with Crippen LogP contribution in [0.4, 0.5) is 0 Å². The highest BCUT2D eigenvalue weighted by Crippen LogP contribution is 2.43. The Morgan fingerprint density at radius 3 is 1.59 bits per heavy atom. The van der Waals surface area contributed by atoms with Crippen molar-refractivity contribution >= 4 is 43.9 Å². The lowest BCUT2D eigenvalue weighted by molar-refractivity contribution is 0.668. The van der Waals surface area contributed by atoms with Crippen LogP contribution < -0.4 is 0 Å². The average molecular weight is 718 g/mol. The van der Waals surface area contributed by atoms with Gasteiger partial charge in [-0.05, 0) is 64.2 Å². The van der Waals surface area contributed by atoms with Crippen molar-refractivity contribution in [1.82, 2.24) is 15.0 Å². The van der Waals surface area contributed by atoms with E-state index < -0.39 is 0 Å². The van der Waals surface area contributed by atoms with Crippen molar-refractivity contribution in [3.05, 3.63) is 188 Å². The zero-order valence-electron chi connectivity index (χ0n) is 30.1. The topological polar surface area (TPSA) is 65.0 Å². The number of benzene rings is 8. The van der Waals surface area contributed by atoms with Crippen LogP contribution >= 0.6 is 0 Å². The van der Waals surface area contributed by atoms with Crippen molar-refractivity contribution in [3.8, 4) is 67.5 Å². The normalized spacial score (nSPS) is 11.6. The summed E-state index contributed by atoms with van der Waals surface area (Å²) in [5, 5.41) is 4.24. The standard InChI is InChI=1S/C51H31N3O2/c1-4-14-32(15-5-1)35-20-12-21-36(28-35)43-29-38(31-46-47(43)42-22-10-11-25-44(42)55-46)39-23-13-24-41-40-27-26-37(30-45(40)56-48(39)41)51-53-49(33-16-6-2-7-17-33)52-50(54-51)34-18-8-3-9-19-34/h1-31H. The lowest BCUT2D eigenvalue weighted by Crippen LogP contribution is -2.00. The first-order valence-electron chi connectivity index (χ1n) is 18.7. The largest absolute Gasteiger partial charge is 0.456 e. The van der Waals surface area contributed by atoms with Crippen LogP contribution in [0.5, 0.6) is 0 Å². The van der Waals surface area contributed by atoms with E-state index in [1.54, 1.807) is 0 Å². The first kappa shape index (κ1) is 31.9. The Kier molecular flexibility index (Phi) is 7.42. The van der Waals surface area contributed by atoms with Crippen LogP contribution in [0, 0.1) is 0 Å². The molecule has 5 heteroatoms. The minimum Gasteiger partial charge on any atom is -0.456 e. The number of aromatic nitrogens is 3. The van der Waals surface area contributed by atoms with Gasteiger partial charge in [-0.15, -0.1) is 0 Å². The quantitative estimate of drug-likeness (QED) is 0.171. The van der Waals surface area contributed by atoms with Gasteiger partial charge in [0.1, 0.15) is 22.3 Å². The second kappa shape index (κ2) is 13.0. The molecule has 11 rings (SSSR count). The molecule has 262 valence electrons. The number of hydrogen-bond acceptors (Lipinski definition) is 5. The van der Waals surface area contributed by atoms with Gasteiger partial charge in [0.25, 0.3) is 0 Å². The lowest BCUT2D eigenvalue weighted by atomic mass is 9.92. The van der Waals surface area contributed by atoms with Gasteiger partial charge in [0, 0.05) is 43.8 Å². The summed E-state index contributed by atoms with van der Waals surface area (Å²) in [4.78, 5) is 14.8. The number of furan rings is 2. The minimum absolute atomic E-state index is 0.581. The molecule has 0 atom stereocenters. The number of nitrogens with zero attached hydrogens (tertiary/aromatic N) is 3. The fourth-order valence-corrected chi connectivity index (χ4v) is 7.84. The van der Waals surface area contributed by atoms with E-state index in [9.17, 15) is 0 Å². The third kappa shape index (κ3) is 5.45. The molecule has 3 heterocycles. The van der Waals surface area contributed by atoms with E-state index in [-0.39, 0.29) is 0 Å². The molecule has 0 fully saturated rings. The van der Waals surface area contributed by atoms with E-state index in [1.807, 2.05) is 84.9 Å². The molecule has 0 spiro atoms. The van der Waals surface area contributed by atoms with Crippen LogP contribution in [-0.4, -0.2) is 15.0 Å². The van der Waals surface area contributed by atoms with Crippen LogP contribution in [0.2, 0.25) is 0 Å². The molecule has 56 heavy (non-hydrogen) atoms. The molecule has 0 amide bonds. The van der Waals surface area contributed by atoms with E-state index in [4.69, 9.17) is 23.8 Å². The SMILES string of the molecule is c1ccc(-c2cccc(-c3cc(-c4cccc5c4oc4cc(-c6nc(-c7ccccc7)nc(-c7ccccc7)n6)ccc45)cc4oc5ccccc5c34)c2)cc1. The molecule has 5 nitrogen and oxygen atoms in total. The van der Waals surface area contributed by atoms with Gasteiger partial charge in [-0.2, -0.15) is 0 Å². The molecular weight excluding hydrogens is 687 g/mol. The van der Waals surface area contributed by atoms with E-state index in [0.717, 1.165) is 88.4 Å². The highest BCUT2D eigenvalue weighted by molar-refractivity contribution is 6.15. The minimum atomic E-state index is 0.581. The maximum Gasteiger partial charge on any atom is 0.164 e. The van der Waals surface area contributed by atoms with Gasteiger partial charge in [0.05, 0.1) is 0 Å². The Morgan fingerprint density at radius 1 is 0.286 bits per heavy atom. The summed E-state index contributed by atoms with van der Waals surface area (Å²) in [6.07, 6.45) is 0. The van der Waals surface area contributed by atoms with Crippen LogP contribution in [0.15, 0.2) is 197 Å². The van der Waals surface area contributed by atoms with Crippen LogP contribution in [0.3, 0.4) is 0 Å². The molecule has 0 aliphatic heterocycles. The van der Waals surface area contributed by atoms with Crippen molar-refractivity contribution in [3.63, 3.8) is 0 Å². The van der Waals surface area contributed by atoms with E-state index >= 15 is 0 Å². The van der Waals surface area contributed by atoms with Crippen molar-refractivity contribution in [2.75, 3.05) is 0 Å². The number of para-hydroxylation sites is 2. The summed E-state index contributed by atoms with van der Waals surface area (Å²) < 4.78 is 13.4. The third-order valence-electron chi connectivity index (χ3n) is 10.5. The van der Waals surface area contributed by atoms with E-state index in [2.05, 4.69) is 103 Å². The fraction of sp³-hybridized carbons (Fsp3) is 0. The van der Waals surface area contributed by atoms with Gasteiger partial charge < -0.3 is 8.83 Å². The zero-order valence-corrected chi connectivity index (χ0v) is 30.1. The lowest BCUT2D eigenvalue weighted by Gasteiger charge is -2.11. The van der Waals surface area contributed by atoms with Gasteiger partial charge in [-0.25, -0.2) is 15.0 Å². The molecule has 0 bridgehead atoms. The Balaban J connectivity index is 1.08. The first-order valence-corrected chi connectivity index (χ1v) is 18.7. The van der Waals surface area contributed by atoms with Crippen molar-refractivity contribution in [1.29, 1.82) is 0 Å². The summed E-state index contributed by atoms with van der Waals surface area (Å²) in [6, 6.07) is 64.6. The van der Waals surface area contributed by atoms with Crippen molar-refractivity contribution < 1.29 is 8.83 Å². The average Bonchev–Trinajstić information content (AvgIpc) is 3.85. The van der Waals surface area contributed by atoms with E-state index in [0.29, 0.717) is 17.5 Å². The Labute approximate surface area is 322 Å². The van der Waals surface area contributed by atoms with Crippen LogP contribution in [-0.2, 0) is 0 Å². The smallest absolute Gasteiger partial charge is 0.164 e. The Hall–Kier alpha value is -7.63. The second-order valence-corrected chi connectivity index (χ2v) is 14.0. The Bertz CT molecular complexity index is 3180. The van der Waals surface area contributed by atoms with Gasteiger partial charge in [0.2, 0.25) is 0 Å². The predicted molar refractivity (Wildman–Crippen MR) is 227 cm³/mol. The molecule has 0 aliphatic rings. The van der Waals surface area contributed by atoms with Gasteiger partial charge in [-0.3, -0.25) is 0 Å². The molecule has 0 saturated heterocycles. The molecule has 11 aromatic rings. The molecule has 0 unspecified atom stereocenters. The highest BCUT2D eigenvalue weighted by Gasteiger charge is 2.20. The molecular formula is C51H31N3O2. The summed E-state index contributed by atoms with van der Waals surface area (Å²) in [7, 11) is 0. The number of fused-ring (bicyclic) bond motifs is 6. The van der Waals surface area contributed by atoms with Crippen molar-refractivity contribution in [2.45, 2.75) is 0 Å².